The molecule has 0 radical (unpaired) electrons. The Balaban J connectivity index is 1.90. The molecule has 1 atom stereocenters. The third-order valence-corrected chi connectivity index (χ3v) is 3.57. The molecule has 0 bridgehead atoms. The molecule has 0 aliphatic carbocycles. The number of hydrogen-bond acceptors (Lipinski definition) is 2. The van der Waals surface area contributed by atoms with Crippen molar-refractivity contribution in [3.8, 4) is 0 Å². The predicted octanol–water partition coefficient (Wildman–Crippen LogP) is 2.58. The maximum absolute atomic E-state index is 12.0. The highest BCUT2D eigenvalue weighted by Crippen LogP contribution is 2.18. The number of anilines is 1. The number of amides is 2. The molecule has 108 valence electrons. The van der Waals surface area contributed by atoms with Crippen molar-refractivity contribution in [3.63, 3.8) is 0 Å². The summed E-state index contributed by atoms with van der Waals surface area (Å²) in [5.74, 6) is -1.27. The first kappa shape index (κ1) is 14.4. The first-order valence-electron chi connectivity index (χ1n) is 6.98. The highest BCUT2D eigenvalue weighted by Gasteiger charge is 2.30. The van der Waals surface area contributed by atoms with E-state index in [-0.39, 0.29) is 12.6 Å². The Morgan fingerprint density at radius 2 is 2.05 bits per heavy atom. The maximum atomic E-state index is 12.0. The summed E-state index contributed by atoms with van der Waals surface area (Å²) in [5, 5.41) is 11.7. The summed E-state index contributed by atoms with van der Waals surface area (Å²) in [5.41, 5.74) is 1.99. The van der Waals surface area contributed by atoms with Crippen LogP contribution in [0.25, 0.3) is 0 Å². The maximum Gasteiger partial charge on any atom is 0.321 e. The summed E-state index contributed by atoms with van der Waals surface area (Å²) in [6.07, 6.45) is 2.65. The zero-order valence-corrected chi connectivity index (χ0v) is 11.6. The van der Waals surface area contributed by atoms with E-state index < -0.39 is 11.9 Å². The molecular weight excluding hydrogens is 256 g/mol. The molecule has 1 heterocycles. The Morgan fingerprint density at radius 1 is 1.35 bits per heavy atom. The van der Waals surface area contributed by atoms with E-state index in [0.29, 0.717) is 13.0 Å². The van der Waals surface area contributed by atoms with Crippen molar-refractivity contribution >= 4 is 17.7 Å². The van der Waals surface area contributed by atoms with Crippen LogP contribution in [0, 0.1) is 5.92 Å². The lowest BCUT2D eigenvalue weighted by Crippen LogP contribution is -2.33. The van der Waals surface area contributed by atoms with Gasteiger partial charge in [0.15, 0.2) is 0 Å². The van der Waals surface area contributed by atoms with Crippen LogP contribution in [0.1, 0.15) is 25.3 Å². The molecule has 1 aliphatic rings. The molecule has 1 aliphatic heterocycles. The molecule has 2 N–H and O–H groups in total. The van der Waals surface area contributed by atoms with Crippen molar-refractivity contribution in [2.45, 2.75) is 26.2 Å². The molecule has 1 saturated heterocycles. The smallest absolute Gasteiger partial charge is 0.321 e. The monoisotopic (exact) mass is 276 g/mol. The molecule has 5 heteroatoms. The van der Waals surface area contributed by atoms with E-state index in [1.54, 1.807) is 4.90 Å². The second-order valence-electron chi connectivity index (χ2n) is 5.15. The number of nitrogens with zero attached hydrogens (tertiary/aromatic N) is 1. The molecule has 2 amide bonds. The van der Waals surface area contributed by atoms with E-state index in [9.17, 15) is 9.59 Å². The van der Waals surface area contributed by atoms with Gasteiger partial charge >= 0.3 is 12.0 Å². The van der Waals surface area contributed by atoms with Crippen molar-refractivity contribution in [3.05, 3.63) is 29.8 Å². The van der Waals surface area contributed by atoms with Crippen molar-refractivity contribution in [2.75, 3.05) is 18.4 Å². The highest BCUT2D eigenvalue weighted by molar-refractivity contribution is 5.90. The van der Waals surface area contributed by atoms with Crippen LogP contribution in [0.5, 0.6) is 0 Å². The molecule has 1 fully saturated rings. The van der Waals surface area contributed by atoms with E-state index in [1.807, 2.05) is 24.3 Å². The molecule has 0 spiro atoms. The molecule has 20 heavy (non-hydrogen) atoms. The van der Waals surface area contributed by atoms with Gasteiger partial charge in [-0.1, -0.05) is 25.5 Å². The van der Waals surface area contributed by atoms with Gasteiger partial charge in [0.2, 0.25) is 0 Å². The van der Waals surface area contributed by atoms with E-state index >= 15 is 0 Å². The minimum absolute atomic E-state index is 0.225. The van der Waals surface area contributed by atoms with E-state index in [1.165, 1.54) is 5.56 Å². The number of nitrogens with one attached hydrogen (secondary N) is 1. The first-order chi connectivity index (χ1) is 9.60. The van der Waals surface area contributed by atoms with Gasteiger partial charge in [-0.05, 0) is 30.5 Å². The SMILES string of the molecule is CCCc1ccc(NC(=O)N2CCC(C(=O)O)C2)cc1. The van der Waals surface area contributed by atoms with Gasteiger partial charge in [-0.2, -0.15) is 0 Å². The Labute approximate surface area is 118 Å². The zero-order chi connectivity index (χ0) is 14.5. The third kappa shape index (κ3) is 3.50. The number of benzene rings is 1. The molecule has 2 rings (SSSR count). The molecule has 5 nitrogen and oxygen atoms in total. The van der Waals surface area contributed by atoms with Gasteiger partial charge in [-0.15, -0.1) is 0 Å². The number of aliphatic carboxylic acids is 1. The van der Waals surface area contributed by atoms with Gasteiger partial charge in [-0.25, -0.2) is 4.79 Å². The van der Waals surface area contributed by atoms with Gasteiger partial charge in [0, 0.05) is 18.8 Å². The average molecular weight is 276 g/mol. The summed E-state index contributed by atoms with van der Waals surface area (Å²) in [6.45, 7) is 2.91. The van der Waals surface area contributed by atoms with E-state index in [4.69, 9.17) is 5.11 Å². The average Bonchev–Trinajstić information content (AvgIpc) is 2.91. The zero-order valence-electron chi connectivity index (χ0n) is 11.6. The fraction of sp³-hybridized carbons (Fsp3) is 0.467. The summed E-state index contributed by atoms with van der Waals surface area (Å²) in [6, 6.07) is 7.55. The van der Waals surface area contributed by atoms with Gasteiger partial charge in [0.25, 0.3) is 0 Å². The Bertz CT molecular complexity index is 484. The van der Waals surface area contributed by atoms with Gasteiger partial charge in [0.05, 0.1) is 5.92 Å². The van der Waals surface area contributed by atoms with Crippen molar-refractivity contribution in [1.82, 2.24) is 4.90 Å². The molecular formula is C15H20N2O3. The van der Waals surface area contributed by atoms with Crippen molar-refractivity contribution in [2.24, 2.45) is 5.92 Å². The van der Waals surface area contributed by atoms with Crippen LogP contribution in [0.3, 0.4) is 0 Å². The molecule has 1 aromatic carbocycles. The fourth-order valence-corrected chi connectivity index (χ4v) is 2.39. The normalized spacial score (nSPS) is 18.1. The number of likely N-dealkylation sites (tertiary alicyclic amines) is 1. The summed E-state index contributed by atoms with van der Waals surface area (Å²) >= 11 is 0. The molecule has 0 saturated carbocycles. The topological polar surface area (TPSA) is 69.6 Å². The van der Waals surface area contributed by atoms with Crippen molar-refractivity contribution < 1.29 is 14.7 Å². The lowest BCUT2D eigenvalue weighted by Gasteiger charge is -2.16. The number of carboxylic acids is 1. The first-order valence-corrected chi connectivity index (χ1v) is 6.98. The summed E-state index contributed by atoms with van der Waals surface area (Å²) < 4.78 is 0. The minimum atomic E-state index is -0.829. The summed E-state index contributed by atoms with van der Waals surface area (Å²) in [7, 11) is 0. The second kappa shape index (κ2) is 6.41. The van der Waals surface area contributed by atoms with E-state index in [2.05, 4.69) is 12.2 Å². The number of carboxylic acid groups (broad SMARTS) is 1. The van der Waals surface area contributed by atoms with Gasteiger partial charge in [-0.3, -0.25) is 4.79 Å². The van der Waals surface area contributed by atoms with Gasteiger partial charge in [0.1, 0.15) is 0 Å². The van der Waals surface area contributed by atoms with E-state index in [0.717, 1.165) is 18.5 Å². The highest BCUT2D eigenvalue weighted by atomic mass is 16.4. The van der Waals surface area contributed by atoms with Crippen molar-refractivity contribution in [1.29, 1.82) is 0 Å². The molecule has 1 unspecified atom stereocenters. The Morgan fingerprint density at radius 3 is 2.60 bits per heavy atom. The lowest BCUT2D eigenvalue weighted by atomic mass is 10.1. The Kier molecular flexibility index (Phi) is 4.61. The number of hydrogen-bond donors (Lipinski definition) is 2. The standard InChI is InChI=1S/C15H20N2O3/c1-2-3-11-4-6-13(7-5-11)16-15(20)17-9-8-12(10-17)14(18)19/h4-7,12H,2-3,8-10H2,1H3,(H,16,20)(H,18,19). The number of aryl methyl sites for hydroxylation is 1. The van der Waals surface area contributed by atoms with Crippen LogP contribution in [0.4, 0.5) is 10.5 Å². The molecule has 0 aromatic heterocycles. The van der Waals surface area contributed by atoms with Crippen LogP contribution in [0.2, 0.25) is 0 Å². The quantitative estimate of drug-likeness (QED) is 0.888. The van der Waals surface area contributed by atoms with Crippen LogP contribution < -0.4 is 5.32 Å². The third-order valence-electron chi connectivity index (χ3n) is 3.57. The second-order valence-corrected chi connectivity index (χ2v) is 5.15. The lowest BCUT2D eigenvalue weighted by molar-refractivity contribution is -0.141. The number of urea groups is 1. The molecule has 1 aromatic rings. The number of carbonyl (C=O) groups excluding carboxylic acids is 1. The number of rotatable bonds is 4. The largest absolute Gasteiger partial charge is 0.481 e. The predicted molar refractivity (Wildman–Crippen MR) is 76.8 cm³/mol. The summed E-state index contributed by atoms with van der Waals surface area (Å²) in [4.78, 5) is 24.4. The fourth-order valence-electron chi connectivity index (χ4n) is 2.39. The van der Waals surface area contributed by atoms with Crippen LogP contribution >= 0.6 is 0 Å². The Hall–Kier alpha value is -2.04. The number of carbonyl (C=O) groups is 2. The minimum Gasteiger partial charge on any atom is -0.481 e. The van der Waals surface area contributed by atoms with Crippen LogP contribution in [0.15, 0.2) is 24.3 Å². The van der Waals surface area contributed by atoms with Gasteiger partial charge < -0.3 is 15.3 Å². The van der Waals surface area contributed by atoms with Crippen LogP contribution in [-0.2, 0) is 11.2 Å². The van der Waals surface area contributed by atoms with Crippen LogP contribution in [-0.4, -0.2) is 35.1 Å².